The number of likely N-dealkylation sites (tertiary alicyclic amines) is 1. The zero-order valence-corrected chi connectivity index (χ0v) is 24.6. The fourth-order valence-electron chi connectivity index (χ4n) is 7.14. The zero-order chi connectivity index (χ0) is 29.3. The number of ether oxygens (including phenoxy) is 2. The number of hydrogen-bond acceptors (Lipinski definition) is 7. The summed E-state index contributed by atoms with van der Waals surface area (Å²) in [6.45, 7) is 7.86. The van der Waals surface area contributed by atoms with Gasteiger partial charge in [-0.15, -0.1) is 18.3 Å². The Morgan fingerprint density at radius 1 is 1.22 bits per heavy atom. The van der Waals surface area contributed by atoms with Crippen LogP contribution in [0.2, 0.25) is 0 Å². The number of methoxy groups -OCH3 is 1. The van der Waals surface area contributed by atoms with E-state index in [2.05, 4.69) is 13.5 Å². The van der Waals surface area contributed by atoms with Crippen LogP contribution in [0.3, 0.4) is 0 Å². The summed E-state index contributed by atoms with van der Waals surface area (Å²) in [5.74, 6) is -1.57. The maximum Gasteiger partial charge on any atom is 0.310 e. The van der Waals surface area contributed by atoms with E-state index in [-0.39, 0.29) is 48.7 Å². The number of nitrogens with zero attached hydrogens (tertiary/aromatic N) is 2. The minimum Gasteiger partial charge on any atom is -0.497 e. The van der Waals surface area contributed by atoms with Crippen molar-refractivity contribution in [2.24, 2.45) is 17.8 Å². The normalized spacial score (nSPS) is 28.7. The van der Waals surface area contributed by atoms with Crippen LogP contribution in [0.5, 0.6) is 5.75 Å². The molecule has 0 saturated carbocycles. The summed E-state index contributed by atoms with van der Waals surface area (Å²) in [6, 6.07) is 15.3. The Morgan fingerprint density at radius 3 is 2.54 bits per heavy atom. The number of rotatable bonds is 11. The van der Waals surface area contributed by atoms with E-state index in [1.807, 2.05) is 42.5 Å². The molecule has 218 valence electrons. The molecule has 3 aliphatic rings. The number of anilines is 1. The zero-order valence-electron chi connectivity index (χ0n) is 23.8. The molecular weight excluding hydrogens is 540 g/mol. The molecule has 1 N–H and O–H groups in total. The number of carbonyl (C=O) groups excluding carboxylic acids is 3. The van der Waals surface area contributed by atoms with Crippen molar-refractivity contribution in [3.63, 3.8) is 0 Å². The van der Waals surface area contributed by atoms with Crippen LogP contribution in [0.1, 0.15) is 25.8 Å². The van der Waals surface area contributed by atoms with Crippen molar-refractivity contribution in [3.05, 3.63) is 72.8 Å². The van der Waals surface area contributed by atoms with E-state index in [1.54, 1.807) is 53.8 Å². The number of aliphatic hydroxyl groups excluding tert-OH is 1. The van der Waals surface area contributed by atoms with Gasteiger partial charge in [-0.05, 0) is 55.5 Å². The standard InChI is InChI=1S/C32H38N2O6S/c1-5-16-33(22-12-14-24(39-4)15-13-22)30(37)28-32-20(3)17-25(41-32)26(31(38)40-6-2)27(32)29(36)34(28)23(19-35)18-21-10-8-7-9-11-21/h5,7-15,20,23,25-28,35H,1,6,16-19H2,2-4H3/t20?,23-,25-,26+,27+,28?,32?/m1/s1. The molecule has 2 amide bonds. The first-order valence-corrected chi connectivity index (χ1v) is 15.1. The highest BCUT2D eigenvalue weighted by Crippen LogP contribution is 2.69. The van der Waals surface area contributed by atoms with Crippen LogP contribution in [-0.4, -0.2) is 76.7 Å². The lowest BCUT2D eigenvalue weighted by Crippen LogP contribution is -2.59. The molecule has 1 spiro atoms. The Labute approximate surface area is 245 Å². The summed E-state index contributed by atoms with van der Waals surface area (Å²) in [6.07, 6.45) is 2.75. The second-order valence-corrected chi connectivity index (χ2v) is 12.6. The van der Waals surface area contributed by atoms with Crippen LogP contribution < -0.4 is 9.64 Å². The molecule has 0 aromatic heterocycles. The summed E-state index contributed by atoms with van der Waals surface area (Å²) in [5.41, 5.74) is 1.60. The van der Waals surface area contributed by atoms with Gasteiger partial charge in [-0.1, -0.05) is 43.3 Å². The number of thioether (sulfide) groups is 1. The Balaban J connectivity index is 1.62. The molecule has 3 aliphatic heterocycles. The van der Waals surface area contributed by atoms with Gasteiger partial charge in [0.15, 0.2) is 0 Å². The molecule has 2 aromatic carbocycles. The molecule has 8 nitrogen and oxygen atoms in total. The maximum atomic E-state index is 14.8. The first kappa shape index (κ1) is 29.2. The molecule has 0 radical (unpaired) electrons. The van der Waals surface area contributed by atoms with Crippen molar-refractivity contribution in [2.75, 3.05) is 31.8 Å². The number of fused-ring (bicyclic) bond motifs is 1. The van der Waals surface area contributed by atoms with E-state index in [1.165, 1.54) is 0 Å². The highest BCUT2D eigenvalue weighted by molar-refractivity contribution is 8.02. The summed E-state index contributed by atoms with van der Waals surface area (Å²) in [5, 5.41) is 10.6. The molecule has 7 atom stereocenters. The number of hydrogen-bond donors (Lipinski definition) is 1. The lowest BCUT2D eigenvalue weighted by molar-refractivity contribution is -0.154. The maximum absolute atomic E-state index is 14.8. The van der Waals surface area contributed by atoms with Crippen LogP contribution in [0, 0.1) is 17.8 Å². The molecule has 41 heavy (non-hydrogen) atoms. The van der Waals surface area contributed by atoms with Gasteiger partial charge < -0.3 is 24.4 Å². The summed E-state index contributed by atoms with van der Waals surface area (Å²) in [7, 11) is 1.58. The van der Waals surface area contributed by atoms with E-state index in [4.69, 9.17) is 9.47 Å². The van der Waals surface area contributed by atoms with Gasteiger partial charge in [0.05, 0.1) is 42.9 Å². The monoisotopic (exact) mass is 578 g/mol. The second-order valence-electron chi connectivity index (χ2n) is 11.0. The summed E-state index contributed by atoms with van der Waals surface area (Å²) in [4.78, 5) is 45.9. The van der Waals surface area contributed by atoms with Crippen LogP contribution in [0.4, 0.5) is 5.69 Å². The van der Waals surface area contributed by atoms with Crippen molar-refractivity contribution < 1.29 is 29.0 Å². The Kier molecular flexibility index (Phi) is 8.47. The average molecular weight is 579 g/mol. The van der Waals surface area contributed by atoms with Gasteiger partial charge in [0.1, 0.15) is 11.8 Å². The number of benzene rings is 2. The Bertz CT molecular complexity index is 1290. The number of esters is 1. The topological polar surface area (TPSA) is 96.4 Å². The van der Waals surface area contributed by atoms with Crippen molar-refractivity contribution in [3.8, 4) is 5.75 Å². The van der Waals surface area contributed by atoms with Gasteiger partial charge in [0.2, 0.25) is 5.91 Å². The van der Waals surface area contributed by atoms with E-state index in [0.29, 0.717) is 24.3 Å². The van der Waals surface area contributed by atoms with Gasteiger partial charge in [-0.25, -0.2) is 0 Å². The summed E-state index contributed by atoms with van der Waals surface area (Å²) >= 11 is 1.60. The van der Waals surface area contributed by atoms with E-state index in [0.717, 1.165) is 5.56 Å². The lowest BCUT2D eigenvalue weighted by atomic mass is 9.66. The minimum atomic E-state index is -0.882. The van der Waals surface area contributed by atoms with Gasteiger partial charge in [0, 0.05) is 17.5 Å². The quantitative estimate of drug-likeness (QED) is 0.321. The number of aliphatic hydroxyl groups is 1. The second kappa shape index (κ2) is 11.9. The van der Waals surface area contributed by atoms with Crippen molar-refractivity contribution in [2.45, 2.75) is 48.8 Å². The molecule has 0 aliphatic carbocycles. The molecule has 9 heteroatoms. The number of amides is 2. The van der Waals surface area contributed by atoms with Gasteiger partial charge >= 0.3 is 5.97 Å². The Hall–Kier alpha value is -3.30. The van der Waals surface area contributed by atoms with Crippen LogP contribution in [0.15, 0.2) is 67.3 Å². The smallest absolute Gasteiger partial charge is 0.310 e. The van der Waals surface area contributed by atoms with Crippen LogP contribution >= 0.6 is 11.8 Å². The molecule has 3 heterocycles. The van der Waals surface area contributed by atoms with E-state index >= 15 is 0 Å². The largest absolute Gasteiger partial charge is 0.497 e. The minimum absolute atomic E-state index is 0.00593. The van der Waals surface area contributed by atoms with Crippen molar-refractivity contribution >= 4 is 35.2 Å². The molecule has 3 saturated heterocycles. The van der Waals surface area contributed by atoms with Gasteiger partial charge in [0.25, 0.3) is 5.91 Å². The molecule has 5 rings (SSSR count). The van der Waals surface area contributed by atoms with Gasteiger partial charge in [-0.2, -0.15) is 0 Å². The van der Waals surface area contributed by atoms with Gasteiger partial charge in [-0.3, -0.25) is 14.4 Å². The Morgan fingerprint density at radius 2 is 1.93 bits per heavy atom. The highest BCUT2D eigenvalue weighted by Gasteiger charge is 2.77. The fraction of sp³-hybridized carbons (Fsp3) is 0.469. The number of carbonyl (C=O) groups is 3. The molecule has 2 bridgehead atoms. The lowest BCUT2D eigenvalue weighted by Gasteiger charge is -2.42. The van der Waals surface area contributed by atoms with Crippen molar-refractivity contribution in [1.29, 1.82) is 0 Å². The third-order valence-electron chi connectivity index (χ3n) is 8.86. The molecule has 3 fully saturated rings. The van der Waals surface area contributed by atoms with Crippen molar-refractivity contribution in [1.82, 2.24) is 4.90 Å². The molecule has 3 unspecified atom stereocenters. The van der Waals surface area contributed by atoms with Crippen LogP contribution in [-0.2, 0) is 25.5 Å². The van der Waals surface area contributed by atoms with E-state index in [9.17, 15) is 19.5 Å². The predicted octanol–water partition coefficient (Wildman–Crippen LogP) is 3.72. The fourth-order valence-corrected chi connectivity index (χ4v) is 9.53. The molecular formula is C32H38N2O6S. The highest BCUT2D eigenvalue weighted by atomic mass is 32.2. The predicted molar refractivity (Wildman–Crippen MR) is 159 cm³/mol. The third-order valence-corrected chi connectivity index (χ3v) is 10.9. The SMILES string of the molecule is C=CCN(C(=O)C1N([C@@H](CO)Cc2ccccc2)C(=O)[C@@H]2[C@@H](C(=O)OCC)[C@H]3CC(C)C12S3)c1ccc(OC)cc1. The van der Waals surface area contributed by atoms with E-state index < -0.39 is 28.7 Å². The third kappa shape index (κ3) is 4.83. The average Bonchev–Trinajstić information content (AvgIpc) is 3.58. The molecule has 2 aromatic rings. The first-order valence-electron chi connectivity index (χ1n) is 14.2. The first-order chi connectivity index (χ1) is 19.8. The van der Waals surface area contributed by atoms with Crippen LogP contribution in [0.25, 0.3) is 0 Å². The summed E-state index contributed by atoms with van der Waals surface area (Å²) < 4.78 is 9.95.